The fourth-order valence-corrected chi connectivity index (χ4v) is 1.79. The Morgan fingerprint density at radius 1 is 1.36 bits per heavy atom. The lowest BCUT2D eigenvalue weighted by Gasteiger charge is -2.43. The first-order valence-corrected chi connectivity index (χ1v) is 5.11. The quantitative estimate of drug-likeness (QED) is 0.664. The van der Waals surface area contributed by atoms with E-state index in [-0.39, 0.29) is 11.8 Å². The molecule has 0 aliphatic carbocycles. The van der Waals surface area contributed by atoms with Crippen LogP contribution in [0.2, 0.25) is 0 Å². The second-order valence-corrected chi connectivity index (χ2v) is 4.34. The molecule has 0 amide bonds. The van der Waals surface area contributed by atoms with Gasteiger partial charge in [-0.25, -0.2) is 0 Å². The minimum atomic E-state index is -0.118. The van der Waals surface area contributed by atoms with Gasteiger partial charge in [-0.15, -0.1) is 0 Å². The van der Waals surface area contributed by atoms with Crippen molar-refractivity contribution in [2.24, 2.45) is 0 Å². The largest absolute Gasteiger partial charge is 0.355 e. The van der Waals surface area contributed by atoms with Crippen LogP contribution in [0.15, 0.2) is 0 Å². The van der Waals surface area contributed by atoms with Crippen molar-refractivity contribution in [2.45, 2.75) is 25.7 Å². The molecule has 0 bridgehead atoms. The van der Waals surface area contributed by atoms with E-state index in [4.69, 9.17) is 9.47 Å². The molecule has 14 heavy (non-hydrogen) atoms. The molecule has 0 aromatic heterocycles. The number of ether oxygens (including phenoxy) is 2. The lowest BCUT2D eigenvalue weighted by atomic mass is 10.0. The molecule has 0 spiro atoms. The Morgan fingerprint density at radius 3 is 2.50 bits per heavy atom. The third-order valence-corrected chi connectivity index (χ3v) is 2.87. The molecule has 0 radical (unpaired) electrons. The van der Waals surface area contributed by atoms with Crippen molar-refractivity contribution < 1.29 is 9.47 Å². The maximum Gasteiger partial charge on any atom is 0.169 e. The standard InChI is InChI=1S/C10H22N2O2/c1-10(2)8-11-5-6-12(10)7-9(13-3)14-4/h9,11H,5-8H2,1-4H3. The summed E-state index contributed by atoms with van der Waals surface area (Å²) < 4.78 is 10.4. The van der Waals surface area contributed by atoms with E-state index < -0.39 is 0 Å². The summed E-state index contributed by atoms with van der Waals surface area (Å²) in [5.41, 5.74) is 0.188. The molecule has 0 saturated carbocycles. The van der Waals surface area contributed by atoms with Crippen LogP contribution in [0.4, 0.5) is 0 Å². The SMILES string of the molecule is COC(CN1CCNCC1(C)C)OC. The zero-order valence-electron chi connectivity index (χ0n) is 9.67. The highest BCUT2D eigenvalue weighted by molar-refractivity contribution is 4.88. The molecule has 1 fully saturated rings. The molecular weight excluding hydrogens is 180 g/mol. The lowest BCUT2D eigenvalue weighted by Crippen LogP contribution is -2.59. The van der Waals surface area contributed by atoms with Gasteiger partial charge in [0.1, 0.15) is 0 Å². The third kappa shape index (κ3) is 2.92. The van der Waals surface area contributed by atoms with Gasteiger partial charge in [0.05, 0.1) is 6.54 Å². The molecule has 4 nitrogen and oxygen atoms in total. The Morgan fingerprint density at radius 2 is 2.00 bits per heavy atom. The molecule has 0 aromatic carbocycles. The second-order valence-electron chi connectivity index (χ2n) is 4.34. The van der Waals surface area contributed by atoms with E-state index in [0.717, 1.165) is 26.2 Å². The Kier molecular flexibility index (Phi) is 4.31. The fraction of sp³-hybridized carbons (Fsp3) is 1.00. The van der Waals surface area contributed by atoms with E-state index in [9.17, 15) is 0 Å². The van der Waals surface area contributed by atoms with Crippen LogP contribution in [-0.2, 0) is 9.47 Å². The normalized spacial score (nSPS) is 22.9. The van der Waals surface area contributed by atoms with Gasteiger partial charge < -0.3 is 14.8 Å². The van der Waals surface area contributed by atoms with Crippen LogP contribution in [0.5, 0.6) is 0 Å². The number of nitrogens with zero attached hydrogens (tertiary/aromatic N) is 1. The van der Waals surface area contributed by atoms with Gasteiger partial charge in [-0.05, 0) is 13.8 Å². The Bertz CT molecular complexity index is 170. The molecule has 1 aliphatic rings. The molecule has 1 aliphatic heterocycles. The summed E-state index contributed by atoms with van der Waals surface area (Å²) in [5, 5.41) is 3.39. The van der Waals surface area contributed by atoms with Gasteiger partial charge in [0, 0.05) is 39.4 Å². The first-order valence-electron chi connectivity index (χ1n) is 5.11. The van der Waals surface area contributed by atoms with E-state index in [1.807, 2.05) is 0 Å². The van der Waals surface area contributed by atoms with E-state index in [1.165, 1.54) is 0 Å². The summed E-state index contributed by atoms with van der Waals surface area (Å²) in [5.74, 6) is 0. The molecule has 1 rings (SSSR count). The van der Waals surface area contributed by atoms with E-state index in [0.29, 0.717) is 0 Å². The maximum absolute atomic E-state index is 5.21. The second kappa shape index (κ2) is 5.07. The Labute approximate surface area is 86.6 Å². The smallest absolute Gasteiger partial charge is 0.169 e. The van der Waals surface area contributed by atoms with Crippen molar-refractivity contribution in [3.63, 3.8) is 0 Å². The molecule has 1 heterocycles. The van der Waals surface area contributed by atoms with Crippen LogP contribution in [-0.4, -0.2) is 57.1 Å². The van der Waals surface area contributed by atoms with Crippen molar-refractivity contribution in [1.82, 2.24) is 10.2 Å². The van der Waals surface area contributed by atoms with Crippen LogP contribution in [0.25, 0.3) is 0 Å². The zero-order chi connectivity index (χ0) is 10.6. The summed E-state index contributed by atoms with van der Waals surface area (Å²) >= 11 is 0. The third-order valence-electron chi connectivity index (χ3n) is 2.87. The highest BCUT2D eigenvalue weighted by Gasteiger charge is 2.30. The topological polar surface area (TPSA) is 33.7 Å². The van der Waals surface area contributed by atoms with Crippen molar-refractivity contribution in [1.29, 1.82) is 0 Å². The molecule has 1 N–H and O–H groups in total. The van der Waals surface area contributed by atoms with Gasteiger partial charge >= 0.3 is 0 Å². The fourth-order valence-electron chi connectivity index (χ4n) is 1.79. The first-order chi connectivity index (χ1) is 6.60. The van der Waals surface area contributed by atoms with E-state index in [2.05, 4.69) is 24.1 Å². The van der Waals surface area contributed by atoms with Gasteiger partial charge in [-0.2, -0.15) is 0 Å². The molecule has 4 heteroatoms. The minimum Gasteiger partial charge on any atom is -0.355 e. The van der Waals surface area contributed by atoms with Crippen molar-refractivity contribution in [3.05, 3.63) is 0 Å². The van der Waals surface area contributed by atoms with Crippen LogP contribution in [0.1, 0.15) is 13.8 Å². The number of methoxy groups -OCH3 is 2. The molecule has 0 aromatic rings. The predicted molar refractivity (Wildman–Crippen MR) is 56.3 cm³/mol. The number of rotatable bonds is 4. The predicted octanol–water partition coefficient (Wildman–Crippen LogP) is 0.289. The highest BCUT2D eigenvalue weighted by Crippen LogP contribution is 2.16. The average molecular weight is 202 g/mol. The minimum absolute atomic E-state index is 0.118. The van der Waals surface area contributed by atoms with Gasteiger partial charge in [0.15, 0.2) is 6.29 Å². The van der Waals surface area contributed by atoms with Gasteiger partial charge in [0.2, 0.25) is 0 Å². The average Bonchev–Trinajstić information content (AvgIpc) is 2.16. The monoisotopic (exact) mass is 202 g/mol. The summed E-state index contributed by atoms with van der Waals surface area (Å²) in [6.45, 7) is 8.43. The van der Waals surface area contributed by atoms with E-state index in [1.54, 1.807) is 14.2 Å². The summed E-state index contributed by atoms with van der Waals surface area (Å²) in [4.78, 5) is 2.40. The highest BCUT2D eigenvalue weighted by atomic mass is 16.7. The van der Waals surface area contributed by atoms with Gasteiger partial charge in [0.25, 0.3) is 0 Å². The number of hydrogen-bond donors (Lipinski definition) is 1. The van der Waals surface area contributed by atoms with Gasteiger partial charge in [-0.1, -0.05) is 0 Å². The molecule has 1 saturated heterocycles. The summed E-state index contributed by atoms with van der Waals surface area (Å²) in [6.07, 6.45) is -0.118. The summed E-state index contributed by atoms with van der Waals surface area (Å²) in [7, 11) is 3.37. The van der Waals surface area contributed by atoms with Crippen LogP contribution in [0.3, 0.4) is 0 Å². The number of piperazine rings is 1. The molecular formula is C10H22N2O2. The Balaban J connectivity index is 2.48. The van der Waals surface area contributed by atoms with Crippen molar-refractivity contribution in [3.8, 4) is 0 Å². The zero-order valence-corrected chi connectivity index (χ0v) is 9.67. The number of hydrogen-bond acceptors (Lipinski definition) is 4. The molecule has 0 unspecified atom stereocenters. The Hall–Kier alpha value is -0.160. The molecule has 84 valence electrons. The maximum atomic E-state index is 5.21. The lowest BCUT2D eigenvalue weighted by molar-refractivity contribution is -0.128. The van der Waals surface area contributed by atoms with Crippen LogP contribution >= 0.6 is 0 Å². The van der Waals surface area contributed by atoms with E-state index >= 15 is 0 Å². The van der Waals surface area contributed by atoms with Crippen LogP contribution < -0.4 is 5.32 Å². The first kappa shape index (κ1) is 11.9. The van der Waals surface area contributed by atoms with Gasteiger partial charge in [-0.3, -0.25) is 4.90 Å². The van der Waals surface area contributed by atoms with Crippen molar-refractivity contribution in [2.75, 3.05) is 40.4 Å². The number of nitrogens with one attached hydrogen (secondary N) is 1. The van der Waals surface area contributed by atoms with Crippen LogP contribution in [0, 0.1) is 0 Å². The summed E-state index contributed by atoms with van der Waals surface area (Å²) in [6, 6.07) is 0. The molecule has 0 atom stereocenters. The van der Waals surface area contributed by atoms with Crippen molar-refractivity contribution >= 4 is 0 Å².